The Balaban J connectivity index is 0.000000485. The Bertz CT molecular complexity index is 561. The van der Waals surface area contributed by atoms with Crippen LogP contribution in [0.2, 0.25) is 0 Å². The van der Waals surface area contributed by atoms with Crippen LogP contribution in [0.25, 0.3) is 0 Å². The maximum Gasteiger partial charge on any atom is 0.338 e. The number of unbranched alkanes of at least 4 members (excludes halogenated alkanes) is 5. The lowest BCUT2D eigenvalue weighted by Gasteiger charge is -2.03. The zero-order valence-corrected chi connectivity index (χ0v) is 16.4. The van der Waals surface area contributed by atoms with E-state index in [1.54, 1.807) is 38.1 Å². The van der Waals surface area contributed by atoms with Crippen molar-refractivity contribution in [1.82, 2.24) is 0 Å². The molecule has 0 spiro atoms. The molecule has 0 aliphatic rings. The summed E-state index contributed by atoms with van der Waals surface area (Å²) in [4.78, 5) is 21.9. The monoisotopic (exact) mass is 360 g/mol. The molecule has 1 aromatic carbocycles. The Hall–Kier alpha value is -2.36. The molecule has 0 radical (unpaired) electrons. The average Bonchev–Trinajstić information content (AvgIpc) is 2.62. The highest BCUT2D eigenvalue weighted by Gasteiger charge is 2.03. The molecule has 1 rings (SSSR count). The van der Waals surface area contributed by atoms with E-state index in [2.05, 4.69) is 20.1 Å². The van der Waals surface area contributed by atoms with Crippen LogP contribution >= 0.6 is 0 Å². The summed E-state index contributed by atoms with van der Waals surface area (Å²) in [6.07, 6.45) is 7.26. The van der Waals surface area contributed by atoms with Gasteiger partial charge in [-0.15, -0.1) is 0 Å². The molecule has 144 valence electrons. The van der Waals surface area contributed by atoms with Crippen molar-refractivity contribution in [2.45, 2.75) is 59.3 Å². The summed E-state index contributed by atoms with van der Waals surface area (Å²) >= 11 is 0. The van der Waals surface area contributed by atoms with Crippen molar-refractivity contribution < 1.29 is 19.1 Å². The van der Waals surface area contributed by atoms with Gasteiger partial charge in [-0.25, -0.2) is 9.59 Å². The molecular weight excluding hydrogens is 328 g/mol. The molecule has 0 atom stereocenters. The molecule has 0 aromatic heterocycles. The number of carbonyl (C=O) groups excluding carboxylic acids is 2. The molecule has 4 nitrogen and oxygen atoms in total. The van der Waals surface area contributed by atoms with Crippen LogP contribution in [-0.2, 0) is 14.3 Å². The summed E-state index contributed by atoms with van der Waals surface area (Å²) < 4.78 is 9.91. The second-order valence-electron chi connectivity index (χ2n) is 6.17. The lowest BCUT2D eigenvalue weighted by Crippen LogP contribution is -2.07. The van der Waals surface area contributed by atoms with Gasteiger partial charge >= 0.3 is 11.9 Å². The number of esters is 2. The van der Waals surface area contributed by atoms with Crippen molar-refractivity contribution in [1.29, 1.82) is 0 Å². The standard InChI is InChI=1S/C12H22O2.C10H10O2/c1-4-5-6-7-8-9-10-14-12(13)11(2)3;1-8(2)10(11)12-9-6-4-3-5-7-9/h2,4-10H2,1,3H3;3-7H,1H2,2H3. The summed E-state index contributed by atoms with van der Waals surface area (Å²) in [5.41, 5.74) is 0.884. The van der Waals surface area contributed by atoms with Crippen LogP contribution in [0.1, 0.15) is 59.3 Å². The Labute approximate surface area is 157 Å². The molecule has 0 unspecified atom stereocenters. The molecule has 0 amide bonds. The largest absolute Gasteiger partial charge is 0.462 e. The van der Waals surface area contributed by atoms with Crippen LogP contribution in [0.4, 0.5) is 0 Å². The third-order valence-electron chi connectivity index (χ3n) is 3.38. The summed E-state index contributed by atoms with van der Waals surface area (Å²) in [5.74, 6) is -0.106. The second kappa shape index (κ2) is 14.9. The van der Waals surface area contributed by atoms with Crippen LogP contribution in [0.5, 0.6) is 5.75 Å². The minimum absolute atomic E-state index is 0.265. The van der Waals surface area contributed by atoms with Gasteiger partial charge in [-0.1, -0.05) is 70.4 Å². The van der Waals surface area contributed by atoms with Gasteiger partial charge in [0.1, 0.15) is 5.75 Å². The molecule has 0 saturated carbocycles. The van der Waals surface area contributed by atoms with Crippen LogP contribution in [-0.4, -0.2) is 18.5 Å². The fourth-order valence-corrected chi connectivity index (χ4v) is 1.85. The number of rotatable bonds is 10. The van der Waals surface area contributed by atoms with Gasteiger partial charge in [-0.3, -0.25) is 0 Å². The fourth-order valence-electron chi connectivity index (χ4n) is 1.85. The third kappa shape index (κ3) is 13.0. The average molecular weight is 360 g/mol. The first kappa shape index (κ1) is 23.6. The molecule has 0 aliphatic carbocycles. The molecule has 0 aliphatic heterocycles. The zero-order chi connectivity index (χ0) is 19.8. The van der Waals surface area contributed by atoms with Crippen LogP contribution in [0.15, 0.2) is 54.6 Å². The summed E-state index contributed by atoms with van der Waals surface area (Å²) in [6.45, 7) is 13.0. The molecule has 0 fully saturated rings. The quantitative estimate of drug-likeness (QED) is 0.235. The summed E-state index contributed by atoms with van der Waals surface area (Å²) in [7, 11) is 0. The molecule has 0 saturated heterocycles. The third-order valence-corrected chi connectivity index (χ3v) is 3.38. The Kier molecular flexibility index (Phi) is 13.6. The van der Waals surface area contributed by atoms with E-state index in [1.807, 2.05) is 6.07 Å². The first-order valence-corrected chi connectivity index (χ1v) is 9.13. The Morgan fingerprint density at radius 1 is 0.846 bits per heavy atom. The first-order valence-electron chi connectivity index (χ1n) is 9.13. The zero-order valence-electron chi connectivity index (χ0n) is 16.4. The SMILES string of the molecule is C=C(C)C(=O)OCCCCCCCC.C=C(C)C(=O)Oc1ccccc1. The van der Waals surface area contributed by atoms with Crippen molar-refractivity contribution >= 4 is 11.9 Å². The lowest BCUT2D eigenvalue weighted by atomic mass is 10.1. The van der Waals surface area contributed by atoms with Gasteiger partial charge in [-0.2, -0.15) is 0 Å². The van der Waals surface area contributed by atoms with Gasteiger partial charge in [0, 0.05) is 11.1 Å². The predicted octanol–water partition coefficient (Wildman–Crippen LogP) is 5.63. The van der Waals surface area contributed by atoms with Gasteiger partial charge in [0.05, 0.1) is 6.61 Å². The van der Waals surface area contributed by atoms with Crippen LogP contribution in [0, 0.1) is 0 Å². The van der Waals surface area contributed by atoms with E-state index in [0.29, 0.717) is 23.5 Å². The molecule has 26 heavy (non-hydrogen) atoms. The van der Waals surface area contributed by atoms with E-state index in [-0.39, 0.29) is 11.9 Å². The van der Waals surface area contributed by atoms with E-state index < -0.39 is 0 Å². The van der Waals surface area contributed by atoms with Crippen molar-refractivity contribution in [3.05, 3.63) is 54.6 Å². The fraction of sp³-hybridized carbons (Fsp3) is 0.455. The first-order chi connectivity index (χ1) is 12.4. The van der Waals surface area contributed by atoms with Gasteiger partial charge in [-0.05, 0) is 32.4 Å². The number of ether oxygens (including phenoxy) is 2. The topological polar surface area (TPSA) is 52.6 Å². The normalized spacial score (nSPS) is 9.50. The lowest BCUT2D eigenvalue weighted by molar-refractivity contribution is -0.139. The molecule has 0 heterocycles. The van der Waals surface area contributed by atoms with Gasteiger partial charge < -0.3 is 9.47 Å². The smallest absolute Gasteiger partial charge is 0.338 e. The van der Waals surface area contributed by atoms with E-state index in [9.17, 15) is 9.59 Å². The van der Waals surface area contributed by atoms with E-state index in [0.717, 1.165) is 12.8 Å². The van der Waals surface area contributed by atoms with Crippen molar-refractivity contribution in [3.8, 4) is 5.75 Å². The van der Waals surface area contributed by atoms with Gasteiger partial charge in [0.2, 0.25) is 0 Å². The minimum Gasteiger partial charge on any atom is -0.462 e. The summed E-state index contributed by atoms with van der Waals surface area (Å²) in [6, 6.07) is 8.92. The maximum absolute atomic E-state index is 11.0. The van der Waals surface area contributed by atoms with E-state index in [4.69, 9.17) is 9.47 Å². The molecule has 1 aromatic rings. The number of para-hydroxylation sites is 1. The summed E-state index contributed by atoms with van der Waals surface area (Å²) in [5, 5.41) is 0. The Morgan fingerprint density at radius 3 is 1.92 bits per heavy atom. The Morgan fingerprint density at radius 2 is 1.38 bits per heavy atom. The molecule has 0 N–H and O–H groups in total. The van der Waals surface area contributed by atoms with Crippen molar-refractivity contribution in [2.24, 2.45) is 0 Å². The van der Waals surface area contributed by atoms with Crippen LogP contribution < -0.4 is 4.74 Å². The number of carbonyl (C=O) groups is 2. The highest BCUT2D eigenvalue weighted by atomic mass is 16.5. The highest BCUT2D eigenvalue weighted by Crippen LogP contribution is 2.09. The second-order valence-corrected chi connectivity index (χ2v) is 6.17. The highest BCUT2D eigenvalue weighted by molar-refractivity contribution is 5.88. The number of benzene rings is 1. The van der Waals surface area contributed by atoms with Gasteiger partial charge in [0.15, 0.2) is 0 Å². The van der Waals surface area contributed by atoms with Crippen LogP contribution in [0.3, 0.4) is 0 Å². The van der Waals surface area contributed by atoms with Crippen molar-refractivity contribution in [3.63, 3.8) is 0 Å². The minimum atomic E-state index is -0.388. The number of hydrogen-bond acceptors (Lipinski definition) is 4. The molecule has 0 bridgehead atoms. The predicted molar refractivity (Wildman–Crippen MR) is 106 cm³/mol. The van der Waals surface area contributed by atoms with E-state index >= 15 is 0 Å². The van der Waals surface area contributed by atoms with Crippen molar-refractivity contribution in [2.75, 3.05) is 6.61 Å². The number of hydrogen-bond donors (Lipinski definition) is 0. The molecule has 4 heteroatoms. The maximum atomic E-state index is 11.0. The van der Waals surface area contributed by atoms with Gasteiger partial charge in [0.25, 0.3) is 0 Å². The van der Waals surface area contributed by atoms with E-state index in [1.165, 1.54) is 25.7 Å². The molecular formula is C22H32O4.